The number of hydrogen-bond donors (Lipinski definition) is 4. The standard InChI is InChI=1S/C34H39F3N6O6S2.CH4O/c1-20-16-26(45-3)14-15-27(20)42-33(51-19-50-31-29(47-5)28(46-4)17-21(2)48-31)43-32(44)41-24-8-6-22(7-9-24)30(38)40-18-39-23-10-12-25(13-11-23)49-34(35,36)37;1-2/h6-16,18,21,28-29,31H,17,19H2,1-5H3,(H2,38,39,40)(H2,41,42,43,44);2H,1H3/t21-,28+,29+,31-;/m0./s1. The van der Waals surface area contributed by atoms with E-state index in [9.17, 15) is 18.0 Å². The summed E-state index contributed by atoms with van der Waals surface area (Å²) >= 11 is 2.87. The van der Waals surface area contributed by atoms with Crippen LogP contribution in [0.15, 0.2) is 81.7 Å². The summed E-state index contributed by atoms with van der Waals surface area (Å²) in [6.45, 7) is 3.90. The summed E-state index contributed by atoms with van der Waals surface area (Å²) in [6.07, 6.45) is -3.23. The summed E-state index contributed by atoms with van der Waals surface area (Å²) in [4.78, 5) is 26.0. The van der Waals surface area contributed by atoms with Crippen molar-refractivity contribution in [2.24, 2.45) is 20.7 Å². The van der Waals surface area contributed by atoms with Gasteiger partial charge in [0.2, 0.25) is 0 Å². The monoisotopic (exact) mass is 780 g/mol. The molecule has 4 rings (SSSR count). The van der Waals surface area contributed by atoms with E-state index in [1.807, 2.05) is 26.0 Å². The number of nitrogens with zero attached hydrogens (tertiary/aromatic N) is 3. The minimum absolute atomic E-state index is 0.000173. The minimum atomic E-state index is -4.78. The Kier molecular flexibility index (Phi) is 17.4. The second-order valence-electron chi connectivity index (χ2n) is 11.0. The van der Waals surface area contributed by atoms with Crippen LogP contribution >= 0.6 is 23.5 Å². The topological polar surface area (TPSA) is 171 Å². The van der Waals surface area contributed by atoms with Gasteiger partial charge < -0.3 is 39.8 Å². The number of aryl methyl sites for hydroxylation is 1. The third kappa shape index (κ3) is 14.2. The van der Waals surface area contributed by atoms with E-state index in [0.717, 1.165) is 31.2 Å². The largest absolute Gasteiger partial charge is 0.573 e. The lowest BCUT2D eigenvalue weighted by Gasteiger charge is -2.39. The van der Waals surface area contributed by atoms with E-state index in [0.29, 0.717) is 38.6 Å². The normalized spacial score (nSPS) is 19.3. The van der Waals surface area contributed by atoms with Crippen molar-refractivity contribution in [3.63, 3.8) is 0 Å². The number of ether oxygens (including phenoxy) is 5. The number of carbonyl (C=O) groups excluding carboxylic acids is 1. The van der Waals surface area contributed by atoms with Crippen molar-refractivity contribution in [2.45, 2.75) is 50.4 Å². The third-order valence-electron chi connectivity index (χ3n) is 7.33. The number of rotatable bonds is 12. The van der Waals surface area contributed by atoms with Gasteiger partial charge >= 0.3 is 12.4 Å². The molecule has 3 aromatic carbocycles. The smallest absolute Gasteiger partial charge is 0.497 e. The van der Waals surface area contributed by atoms with Gasteiger partial charge in [-0.25, -0.2) is 19.8 Å². The molecule has 5 N–H and O–H groups in total. The van der Waals surface area contributed by atoms with Crippen molar-refractivity contribution in [1.82, 2.24) is 5.32 Å². The summed E-state index contributed by atoms with van der Waals surface area (Å²) < 4.78 is 63.7. The van der Waals surface area contributed by atoms with Crippen LogP contribution in [0.2, 0.25) is 0 Å². The third-order valence-corrected chi connectivity index (χ3v) is 9.52. The van der Waals surface area contributed by atoms with Crippen LogP contribution in [0.3, 0.4) is 0 Å². The number of thioether (sulfide) groups is 2. The van der Waals surface area contributed by atoms with E-state index < -0.39 is 12.4 Å². The zero-order valence-electron chi connectivity index (χ0n) is 29.9. The maximum absolute atomic E-state index is 13.1. The molecule has 18 heteroatoms. The molecule has 288 valence electrons. The van der Waals surface area contributed by atoms with Crippen molar-refractivity contribution in [1.29, 1.82) is 0 Å². The number of amidine groups is 2. The van der Waals surface area contributed by atoms with Crippen molar-refractivity contribution < 1.29 is 46.8 Å². The number of anilines is 1. The zero-order valence-corrected chi connectivity index (χ0v) is 31.6. The lowest BCUT2D eigenvalue weighted by atomic mass is 10.0. The highest BCUT2D eigenvalue weighted by molar-refractivity contribution is 8.24. The van der Waals surface area contributed by atoms with E-state index >= 15 is 0 Å². The van der Waals surface area contributed by atoms with Crippen LogP contribution in [-0.4, -0.2) is 92.1 Å². The van der Waals surface area contributed by atoms with Gasteiger partial charge in [-0.15, -0.1) is 24.9 Å². The molecule has 0 radical (unpaired) electrons. The number of carbonyl (C=O) groups is 1. The lowest BCUT2D eigenvalue weighted by molar-refractivity contribution is -0.274. The van der Waals surface area contributed by atoms with Crippen molar-refractivity contribution in [2.75, 3.05) is 38.8 Å². The first-order valence-corrected chi connectivity index (χ1v) is 17.9. The van der Waals surface area contributed by atoms with Gasteiger partial charge in [-0.1, -0.05) is 11.8 Å². The number of nitrogens with one attached hydrogen (secondary N) is 2. The summed E-state index contributed by atoms with van der Waals surface area (Å²) in [5.41, 5.74) is 8.71. The number of urea groups is 1. The van der Waals surface area contributed by atoms with Crippen LogP contribution in [0.1, 0.15) is 24.5 Å². The Bertz CT molecular complexity index is 1700. The van der Waals surface area contributed by atoms with Crippen molar-refractivity contribution in [3.05, 3.63) is 77.9 Å². The fraction of sp³-hybridized carbons (Fsp3) is 0.371. The van der Waals surface area contributed by atoms with Crippen LogP contribution in [0, 0.1) is 6.92 Å². The second kappa shape index (κ2) is 21.4. The summed E-state index contributed by atoms with van der Waals surface area (Å²) in [5.74, 6) is 0.466. The first kappa shape index (κ1) is 43.1. The van der Waals surface area contributed by atoms with Crippen molar-refractivity contribution >= 4 is 64.0 Å². The molecule has 1 fully saturated rings. The maximum atomic E-state index is 13.1. The number of methoxy groups -OCH3 is 3. The number of amides is 2. The molecule has 1 heterocycles. The van der Waals surface area contributed by atoms with Crippen LogP contribution < -0.4 is 25.8 Å². The van der Waals surface area contributed by atoms with Gasteiger partial charge in [-0.3, -0.25) is 5.32 Å². The first-order chi connectivity index (χ1) is 25.4. The molecule has 0 bridgehead atoms. The highest BCUT2D eigenvalue weighted by atomic mass is 32.2. The number of aliphatic imine (C=N–C) groups is 3. The van der Waals surface area contributed by atoms with Gasteiger partial charge in [0, 0.05) is 44.1 Å². The predicted octanol–water partition coefficient (Wildman–Crippen LogP) is 6.97. The van der Waals surface area contributed by atoms with Crippen LogP contribution in [0.5, 0.6) is 11.5 Å². The lowest BCUT2D eigenvalue weighted by Crippen LogP contribution is -2.48. The molecule has 0 spiro atoms. The van der Waals surface area contributed by atoms with Crippen molar-refractivity contribution in [3.8, 4) is 11.5 Å². The molecule has 1 aliphatic rings. The Labute approximate surface area is 314 Å². The number of nitrogens with two attached hydrogens (primary N) is 1. The van der Waals surface area contributed by atoms with Crippen LogP contribution in [-0.2, 0) is 14.2 Å². The SMILES string of the molecule is CO.COc1ccc(N=C(NC(=O)Nc2ccc(C(N)=NC=Nc3ccc(OC(F)(F)F)cc3)cc2)SCS[C@@H]2O[C@@H](C)C[C@@H](OC)[C@H]2OC)c(C)c1. The van der Waals surface area contributed by atoms with E-state index in [4.69, 9.17) is 34.8 Å². The summed E-state index contributed by atoms with van der Waals surface area (Å²) in [5, 5.41) is 13.5. The number of alkyl halides is 3. The van der Waals surface area contributed by atoms with E-state index in [1.54, 1.807) is 51.7 Å². The molecule has 3 aromatic rings. The Morgan fingerprint density at radius 1 is 1.04 bits per heavy atom. The highest BCUT2D eigenvalue weighted by Crippen LogP contribution is 2.33. The molecule has 0 aromatic heterocycles. The van der Waals surface area contributed by atoms with Crippen LogP contribution in [0.25, 0.3) is 0 Å². The number of benzene rings is 3. The molecule has 2 amide bonds. The minimum Gasteiger partial charge on any atom is -0.497 e. The molecule has 0 aliphatic carbocycles. The Morgan fingerprint density at radius 2 is 1.72 bits per heavy atom. The molecule has 13 nitrogen and oxygen atoms in total. The maximum Gasteiger partial charge on any atom is 0.573 e. The van der Waals surface area contributed by atoms with Gasteiger partial charge in [0.05, 0.1) is 30.7 Å². The number of aliphatic hydroxyl groups is 1. The number of aliphatic hydroxyl groups excluding tert-OH is 1. The molecule has 1 aliphatic heterocycles. The van der Waals surface area contributed by atoms with E-state index in [1.165, 1.54) is 42.0 Å². The Balaban J connectivity index is 0.00000372. The van der Waals surface area contributed by atoms with Gasteiger partial charge in [0.1, 0.15) is 35.2 Å². The van der Waals surface area contributed by atoms with Gasteiger partial charge in [0.15, 0.2) is 5.17 Å². The Morgan fingerprint density at radius 3 is 2.32 bits per heavy atom. The summed E-state index contributed by atoms with van der Waals surface area (Å²) in [6, 6.07) is 16.6. The molecular formula is C35H43F3N6O7S2. The average Bonchev–Trinajstić information content (AvgIpc) is 3.13. The fourth-order valence-corrected chi connectivity index (χ4v) is 7.15. The molecule has 0 unspecified atom stereocenters. The fourth-order valence-electron chi connectivity index (χ4n) is 4.82. The molecule has 4 atom stereocenters. The molecule has 53 heavy (non-hydrogen) atoms. The number of hydrogen-bond acceptors (Lipinski definition) is 11. The predicted molar refractivity (Wildman–Crippen MR) is 204 cm³/mol. The van der Waals surface area contributed by atoms with E-state index in [2.05, 4.69) is 25.4 Å². The molecule has 0 saturated carbocycles. The first-order valence-electron chi connectivity index (χ1n) is 15.9. The molecular weight excluding hydrogens is 738 g/mol. The van der Waals surface area contributed by atoms with Gasteiger partial charge in [0.25, 0.3) is 0 Å². The number of halogens is 3. The van der Waals surface area contributed by atoms with Gasteiger partial charge in [-0.2, -0.15) is 0 Å². The Hall–Kier alpha value is -4.33. The highest BCUT2D eigenvalue weighted by Gasteiger charge is 2.38. The second-order valence-corrected chi connectivity index (χ2v) is 13.4. The van der Waals surface area contributed by atoms with E-state index in [-0.39, 0.29) is 35.3 Å². The van der Waals surface area contributed by atoms with Gasteiger partial charge in [-0.05, 0) is 86.1 Å². The zero-order chi connectivity index (χ0) is 39.0. The average molecular weight is 781 g/mol. The quantitative estimate of drug-likeness (QED) is 0.0855. The summed E-state index contributed by atoms with van der Waals surface area (Å²) in [7, 11) is 5.89. The van der Waals surface area contributed by atoms with Crippen LogP contribution in [0.4, 0.5) is 35.0 Å². The molecule has 1 saturated heterocycles.